The lowest BCUT2D eigenvalue weighted by molar-refractivity contribution is -0.123. The molecule has 19 heavy (non-hydrogen) atoms. The number of nitrogen functional groups attached to an aromatic ring is 1. The van der Waals surface area contributed by atoms with Gasteiger partial charge < -0.3 is 15.8 Å². The zero-order valence-corrected chi connectivity index (χ0v) is 11.6. The van der Waals surface area contributed by atoms with E-state index in [2.05, 4.69) is 5.32 Å². The number of anilines is 1. The third kappa shape index (κ3) is 3.47. The predicted molar refractivity (Wildman–Crippen MR) is 75.8 cm³/mol. The number of hydrogen-bond acceptors (Lipinski definition) is 3. The molecule has 0 spiro atoms. The molecule has 3 N–H and O–H groups in total. The molecule has 2 unspecified atom stereocenters. The van der Waals surface area contributed by atoms with Crippen LogP contribution in [0.25, 0.3) is 0 Å². The Hall–Kier alpha value is -1.55. The molecular formula is C15H22N2O2. The Morgan fingerprint density at radius 3 is 3.00 bits per heavy atom. The first-order chi connectivity index (χ1) is 8.99. The average molecular weight is 262 g/mol. The maximum atomic E-state index is 12.0. The number of ether oxygens (including phenoxy) is 1. The number of nitrogens with two attached hydrogens (primary N) is 1. The SMILES string of the molecule is CC1OCCC1(C)NC(=O)CCc1cccc(N)c1. The van der Waals surface area contributed by atoms with Crippen molar-refractivity contribution < 1.29 is 9.53 Å². The average Bonchev–Trinajstić information content (AvgIpc) is 2.67. The van der Waals surface area contributed by atoms with Crippen molar-refractivity contribution in [2.45, 2.75) is 44.8 Å². The second kappa shape index (κ2) is 5.61. The van der Waals surface area contributed by atoms with Gasteiger partial charge >= 0.3 is 0 Å². The first kappa shape index (κ1) is 13.9. The lowest BCUT2D eigenvalue weighted by Crippen LogP contribution is -2.50. The van der Waals surface area contributed by atoms with Gasteiger partial charge in [-0.25, -0.2) is 0 Å². The molecule has 4 nitrogen and oxygen atoms in total. The van der Waals surface area contributed by atoms with E-state index in [0.717, 1.165) is 17.7 Å². The summed E-state index contributed by atoms with van der Waals surface area (Å²) in [6, 6.07) is 7.67. The maximum absolute atomic E-state index is 12.0. The van der Waals surface area contributed by atoms with Gasteiger partial charge in [-0.2, -0.15) is 0 Å². The van der Waals surface area contributed by atoms with Crippen LogP contribution in [0.2, 0.25) is 0 Å². The Labute approximate surface area is 114 Å². The van der Waals surface area contributed by atoms with Gasteiger partial charge in [0.1, 0.15) is 0 Å². The highest BCUT2D eigenvalue weighted by Crippen LogP contribution is 2.25. The van der Waals surface area contributed by atoms with E-state index in [-0.39, 0.29) is 17.6 Å². The van der Waals surface area contributed by atoms with Crippen molar-refractivity contribution in [2.24, 2.45) is 0 Å². The summed E-state index contributed by atoms with van der Waals surface area (Å²) in [4.78, 5) is 12.0. The molecule has 1 saturated heterocycles. The van der Waals surface area contributed by atoms with Crippen molar-refractivity contribution in [3.05, 3.63) is 29.8 Å². The minimum absolute atomic E-state index is 0.0716. The largest absolute Gasteiger partial charge is 0.399 e. The zero-order valence-electron chi connectivity index (χ0n) is 11.6. The topological polar surface area (TPSA) is 64.3 Å². The second-order valence-electron chi connectivity index (χ2n) is 5.47. The molecule has 1 aromatic carbocycles. The van der Waals surface area contributed by atoms with E-state index in [1.165, 1.54) is 0 Å². The van der Waals surface area contributed by atoms with Gasteiger partial charge in [0.25, 0.3) is 0 Å². The Bertz CT molecular complexity index is 461. The van der Waals surface area contributed by atoms with E-state index in [1.54, 1.807) is 0 Å². The monoisotopic (exact) mass is 262 g/mol. The van der Waals surface area contributed by atoms with Crippen LogP contribution in [0.5, 0.6) is 0 Å². The van der Waals surface area contributed by atoms with Crippen LogP contribution < -0.4 is 11.1 Å². The van der Waals surface area contributed by atoms with Crippen LogP contribution in [0.15, 0.2) is 24.3 Å². The normalized spacial score (nSPS) is 26.3. The number of amides is 1. The predicted octanol–water partition coefficient (Wildman–Crippen LogP) is 1.89. The summed E-state index contributed by atoms with van der Waals surface area (Å²) in [5, 5.41) is 3.09. The number of benzene rings is 1. The zero-order chi connectivity index (χ0) is 13.9. The number of nitrogens with one attached hydrogen (secondary N) is 1. The first-order valence-electron chi connectivity index (χ1n) is 6.77. The van der Waals surface area contributed by atoms with Gasteiger partial charge in [-0.1, -0.05) is 12.1 Å². The Balaban J connectivity index is 1.85. The van der Waals surface area contributed by atoms with Crippen molar-refractivity contribution in [3.63, 3.8) is 0 Å². The number of carbonyl (C=O) groups excluding carboxylic acids is 1. The summed E-state index contributed by atoms with van der Waals surface area (Å²) in [6.07, 6.45) is 2.13. The van der Waals surface area contributed by atoms with Gasteiger partial charge in [-0.3, -0.25) is 4.79 Å². The van der Waals surface area contributed by atoms with Crippen LogP contribution in [-0.4, -0.2) is 24.2 Å². The summed E-state index contributed by atoms with van der Waals surface area (Å²) in [7, 11) is 0. The van der Waals surface area contributed by atoms with Crippen LogP contribution in [0.1, 0.15) is 32.3 Å². The fraction of sp³-hybridized carbons (Fsp3) is 0.533. The first-order valence-corrected chi connectivity index (χ1v) is 6.77. The van der Waals surface area contributed by atoms with Crippen molar-refractivity contribution in [1.29, 1.82) is 0 Å². The number of aryl methyl sites for hydroxylation is 1. The molecular weight excluding hydrogens is 240 g/mol. The van der Waals surface area contributed by atoms with Crippen molar-refractivity contribution >= 4 is 11.6 Å². The van der Waals surface area contributed by atoms with E-state index in [9.17, 15) is 4.79 Å². The van der Waals surface area contributed by atoms with Gasteiger partial charge in [0.2, 0.25) is 5.91 Å². The molecule has 104 valence electrons. The van der Waals surface area contributed by atoms with E-state index in [1.807, 2.05) is 38.1 Å². The van der Waals surface area contributed by atoms with Gasteiger partial charge in [-0.15, -0.1) is 0 Å². The molecule has 2 rings (SSSR count). The molecule has 0 saturated carbocycles. The summed E-state index contributed by atoms with van der Waals surface area (Å²) in [6.45, 7) is 4.77. The highest BCUT2D eigenvalue weighted by Gasteiger charge is 2.37. The summed E-state index contributed by atoms with van der Waals surface area (Å²) >= 11 is 0. The molecule has 1 aromatic rings. The van der Waals surface area contributed by atoms with Gasteiger partial charge in [0, 0.05) is 18.7 Å². The molecule has 1 aliphatic rings. The Morgan fingerprint density at radius 2 is 2.37 bits per heavy atom. The summed E-state index contributed by atoms with van der Waals surface area (Å²) < 4.78 is 5.52. The quantitative estimate of drug-likeness (QED) is 0.814. The van der Waals surface area contributed by atoms with Crippen molar-refractivity contribution in [2.75, 3.05) is 12.3 Å². The molecule has 1 heterocycles. The summed E-state index contributed by atoms with van der Waals surface area (Å²) in [5.74, 6) is 0.0716. The minimum Gasteiger partial charge on any atom is -0.399 e. The molecule has 0 radical (unpaired) electrons. The lowest BCUT2D eigenvalue weighted by atomic mass is 9.94. The minimum atomic E-state index is -0.229. The van der Waals surface area contributed by atoms with Crippen LogP contribution in [0.3, 0.4) is 0 Å². The molecule has 1 amide bonds. The van der Waals surface area contributed by atoms with Crippen LogP contribution >= 0.6 is 0 Å². The molecule has 0 bridgehead atoms. The molecule has 4 heteroatoms. The van der Waals surface area contributed by atoms with Crippen LogP contribution in [0, 0.1) is 0 Å². The van der Waals surface area contributed by atoms with Gasteiger partial charge in [0.15, 0.2) is 0 Å². The smallest absolute Gasteiger partial charge is 0.220 e. The van der Waals surface area contributed by atoms with Crippen molar-refractivity contribution in [3.8, 4) is 0 Å². The molecule has 1 aliphatic heterocycles. The van der Waals surface area contributed by atoms with Gasteiger partial charge in [-0.05, 0) is 44.4 Å². The lowest BCUT2D eigenvalue weighted by Gasteiger charge is -2.28. The highest BCUT2D eigenvalue weighted by molar-refractivity contribution is 5.77. The molecule has 0 aliphatic carbocycles. The Kier molecular flexibility index (Phi) is 4.10. The molecule has 1 fully saturated rings. The fourth-order valence-corrected chi connectivity index (χ4v) is 2.39. The van der Waals surface area contributed by atoms with E-state index in [0.29, 0.717) is 19.4 Å². The van der Waals surface area contributed by atoms with Crippen molar-refractivity contribution in [1.82, 2.24) is 5.32 Å². The second-order valence-corrected chi connectivity index (χ2v) is 5.47. The number of rotatable bonds is 4. The van der Waals surface area contributed by atoms with Gasteiger partial charge in [0.05, 0.1) is 11.6 Å². The van der Waals surface area contributed by atoms with Crippen LogP contribution in [-0.2, 0) is 16.0 Å². The third-order valence-corrected chi connectivity index (χ3v) is 3.90. The third-order valence-electron chi connectivity index (χ3n) is 3.90. The number of hydrogen-bond donors (Lipinski definition) is 2. The van der Waals surface area contributed by atoms with Crippen LogP contribution in [0.4, 0.5) is 5.69 Å². The van der Waals surface area contributed by atoms with E-state index >= 15 is 0 Å². The maximum Gasteiger partial charge on any atom is 0.220 e. The standard InChI is InChI=1S/C15H22N2O2/c1-11-15(2,8-9-19-11)17-14(18)7-6-12-4-3-5-13(16)10-12/h3-5,10-11H,6-9,16H2,1-2H3,(H,17,18). The molecule has 2 atom stereocenters. The van der Waals surface area contributed by atoms with E-state index < -0.39 is 0 Å². The highest BCUT2D eigenvalue weighted by atomic mass is 16.5. The number of carbonyl (C=O) groups is 1. The van der Waals surface area contributed by atoms with E-state index in [4.69, 9.17) is 10.5 Å². The molecule has 0 aromatic heterocycles. The summed E-state index contributed by atoms with van der Waals surface area (Å²) in [5.41, 5.74) is 7.32. The Morgan fingerprint density at radius 1 is 1.58 bits per heavy atom. The fourth-order valence-electron chi connectivity index (χ4n) is 2.39.